The Kier molecular flexibility index (Phi) is 3.82. The highest BCUT2D eigenvalue weighted by atomic mass is 32.2. The van der Waals surface area contributed by atoms with Gasteiger partial charge >= 0.3 is 0 Å². The van der Waals surface area contributed by atoms with Crippen LogP contribution >= 0.6 is 11.8 Å². The fourth-order valence-corrected chi connectivity index (χ4v) is 5.16. The molecule has 2 heterocycles. The number of carbonyl (C=O) groups is 1. The summed E-state index contributed by atoms with van der Waals surface area (Å²) in [5.74, 6) is 2.17. The number of nitrogens with zero attached hydrogens (tertiary/aromatic N) is 1. The summed E-state index contributed by atoms with van der Waals surface area (Å²) < 4.78 is 0. The first kappa shape index (κ1) is 13.7. The van der Waals surface area contributed by atoms with E-state index in [1.807, 2.05) is 0 Å². The Bertz CT molecular complexity index is 346. The van der Waals surface area contributed by atoms with Gasteiger partial charge in [-0.05, 0) is 37.4 Å². The number of amides is 1. The second kappa shape index (κ2) is 5.28. The summed E-state index contributed by atoms with van der Waals surface area (Å²) in [4.78, 5) is 15.1. The Morgan fingerprint density at radius 2 is 2.11 bits per heavy atom. The minimum Gasteiger partial charge on any atom is -0.324 e. The van der Waals surface area contributed by atoms with Gasteiger partial charge < -0.3 is 4.90 Å². The van der Waals surface area contributed by atoms with Gasteiger partial charge in [0.15, 0.2) is 0 Å². The maximum absolute atomic E-state index is 12.9. The summed E-state index contributed by atoms with van der Waals surface area (Å²) in [6, 6.07) is 0. The van der Waals surface area contributed by atoms with Gasteiger partial charge in [-0.1, -0.05) is 26.7 Å². The number of rotatable bonds is 3. The third-order valence-electron chi connectivity index (χ3n) is 4.94. The van der Waals surface area contributed by atoms with Crippen LogP contribution < -0.4 is 5.32 Å². The fraction of sp³-hybridized carbons (Fsp3) is 0.933. The van der Waals surface area contributed by atoms with Crippen LogP contribution in [0, 0.1) is 5.92 Å². The van der Waals surface area contributed by atoms with Crippen molar-refractivity contribution in [2.24, 2.45) is 5.92 Å². The molecule has 3 fully saturated rings. The zero-order chi connectivity index (χ0) is 13.5. The Morgan fingerprint density at radius 1 is 1.37 bits per heavy atom. The van der Waals surface area contributed by atoms with Crippen LogP contribution in [0.4, 0.5) is 0 Å². The molecule has 108 valence electrons. The highest BCUT2D eigenvalue weighted by Gasteiger charge is 2.53. The Hall–Kier alpha value is -0.220. The topological polar surface area (TPSA) is 32.3 Å². The molecule has 0 bridgehead atoms. The van der Waals surface area contributed by atoms with E-state index >= 15 is 0 Å². The minimum absolute atomic E-state index is 0.196. The normalized spacial score (nSPS) is 34.1. The van der Waals surface area contributed by atoms with Gasteiger partial charge in [0, 0.05) is 11.8 Å². The molecule has 3 rings (SSSR count). The molecule has 19 heavy (non-hydrogen) atoms. The number of hydrogen-bond donors (Lipinski definition) is 1. The van der Waals surface area contributed by atoms with Gasteiger partial charge in [0.05, 0.1) is 11.7 Å². The molecule has 1 saturated carbocycles. The van der Waals surface area contributed by atoms with Crippen LogP contribution in [0.15, 0.2) is 0 Å². The molecule has 0 radical (unpaired) electrons. The minimum atomic E-state index is -0.196. The number of hydrogen-bond acceptors (Lipinski definition) is 3. The summed E-state index contributed by atoms with van der Waals surface area (Å²) in [7, 11) is 0. The summed E-state index contributed by atoms with van der Waals surface area (Å²) in [5, 5.41) is 4.38. The van der Waals surface area contributed by atoms with Gasteiger partial charge in [0.2, 0.25) is 5.91 Å². The molecule has 3 aliphatic rings. The van der Waals surface area contributed by atoms with E-state index in [0.29, 0.717) is 17.1 Å². The van der Waals surface area contributed by atoms with E-state index in [0.717, 1.165) is 19.4 Å². The lowest BCUT2D eigenvalue weighted by atomic mass is 9.98. The van der Waals surface area contributed by atoms with Crippen molar-refractivity contribution < 1.29 is 4.79 Å². The molecule has 1 aliphatic carbocycles. The van der Waals surface area contributed by atoms with Crippen LogP contribution in [0.25, 0.3) is 0 Å². The Labute approximate surface area is 120 Å². The van der Waals surface area contributed by atoms with Gasteiger partial charge in [-0.2, -0.15) is 11.8 Å². The van der Waals surface area contributed by atoms with Crippen LogP contribution in [-0.4, -0.2) is 40.1 Å². The van der Waals surface area contributed by atoms with Crippen LogP contribution in [0.1, 0.15) is 52.4 Å². The van der Waals surface area contributed by atoms with Gasteiger partial charge in [0.1, 0.15) is 0 Å². The van der Waals surface area contributed by atoms with E-state index in [-0.39, 0.29) is 11.7 Å². The predicted octanol–water partition coefficient (Wildman–Crippen LogP) is 2.61. The zero-order valence-electron chi connectivity index (χ0n) is 12.2. The summed E-state index contributed by atoms with van der Waals surface area (Å²) in [6.07, 6.45) is 7.36. The molecule has 4 heteroatoms. The first-order valence-corrected chi connectivity index (χ1v) is 8.88. The molecule has 3 nitrogen and oxygen atoms in total. The van der Waals surface area contributed by atoms with Crippen LogP contribution in [0.2, 0.25) is 0 Å². The summed E-state index contributed by atoms with van der Waals surface area (Å²) >= 11 is 2.05. The summed E-state index contributed by atoms with van der Waals surface area (Å²) in [6.45, 7) is 5.42. The van der Waals surface area contributed by atoms with E-state index in [9.17, 15) is 4.79 Å². The fourth-order valence-electron chi connectivity index (χ4n) is 3.89. The zero-order valence-corrected chi connectivity index (χ0v) is 13.0. The maximum Gasteiger partial charge on any atom is 0.244 e. The van der Waals surface area contributed by atoms with Gasteiger partial charge in [-0.15, -0.1) is 0 Å². The van der Waals surface area contributed by atoms with Gasteiger partial charge in [-0.25, -0.2) is 0 Å². The van der Waals surface area contributed by atoms with Crippen molar-refractivity contribution in [3.05, 3.63) is 0 Å². The number of thioether (sulfide) groups is 1. The van der Waals surface area contributed by atoms with E-state index in [1.54, 1.807) is 0 Å². The first-order valence-electron chi connectivity index (χ1n) is 7.83. The average molecular weight is 282 g/mol. The van der Waals surface area contributed by atoms with Gasteiger partial charge in [0.25, 0.3) is 0 Å². The molecule has 0 aromatic heterocycles. The molecule has 1 N–H and O–H groups in total. The molecule has 2 aliphatic heterocycles. The number of carbonyl (C=O) groups excluding carboxylic acids is 1. The lowest BCUT2D eigenvalue weighted by Crippen LogP contribution is -2.45. The molecular weight excluding hydrogens is 256 g/mol. The van der Waals surface area contributed by atoms with Crippen molar-refractivity contribution in [2.75, 3.05) is 12.3 Å². The van der Waals surface area contributed by atoms with Gasteiger partial charge in [-0.3, -0.25) is 10.1 Å². The summed E-state index contributed by atoms with van der Waals surface area (Å²) in [5.41, 5.74) is -0.196. The van der Waals surface area contributed by atoms with E-state index in [1.165, 1.54) is 31.4 Å². The Balaban J connectivity index is 1.76. The highest BCUT2D eigenvalue weighted by molar-refractivity contribution is 8.00. The third kappa shape index (κ3) is 2.42. The number of nitrogens with one attached hydrogen (secondary N) is 1. The predicted molar refractivity (Wildman–Crippen MR) is 80.2 cm³/mol. The smallest absolute Gasteiger partial charge is 0.244 e. The molecule has 1 amide bonds. The quantitative estimate of drug-likeness (QED) is 0.863. The molecule has 0 aromatic rings. The molecule has 2 saturated heterocycles. The highest BCUT2D eigenvalue weighted by Crippen LogP contribution is 2.39. The van der Waals surface area contributed by atoms with Crippen molar-refractivity contribution in [1.29, 1.82) is 0 Å². The maximum atomic E-state index is 12.9. The van der Waals surface area contributed by atoms with Crippen molar-refractivity contribution >= 4 is 17.7 Å². The van der Waals surface area contributed by atoms with Crippen LogP contribution in [0.3, 0.4) is 0 Å². The third-order valence-corrected chi connectivity index (χ3v) is 6.32. The second-order valence-corrected chi connectivity index (χ2v) is 8.12. The van der Waals surface area contributed by atoms with Crippen molar-refractivity contribution in [2.45, 2.75) is 69.3 Å². The Morgan fingerprint density at radius 3 is 2.68 bits per heavy atom. The van der Waals surface area contributed by atoms with E-state index < -0.39 is 0 Å². The largest absolute Gasteiger partial charge is 0.324 e. The van der Waals surface area contributed by atoms with Crippen LogP contribution in [0.5, 0.6) is 0 Å². The van der Waals surface area contributed by atoms with E-state index in [2.05, 4.69) is 35.8 Å². The van der Waals surface area contributed by atoms with Crippen LogP contribution in [-0.2, 0) is 4.79 Å². The lowest BCUT2D eigenvalue weighted by Gasteiger charge is -2.29. The second-order valence-electron chi connectivity index (χ2n) is 6.71. The standard InChI is InChI=1S/C15H26N2OS/c1-11(2)13-16-15(7-3-4-8-15)14(18)17(13)10-12-6-5-9-19-12/h11-13,16H,3-10H2,1-2H3. The SMILES string of the molecule is CC(C)C1NC2(CCCC2)C(=O)N1CC1CCCS1. The van der Waals surface area contributed by atoms with Crippen molar-refractivity contribution in [1.82, 2.24) is 10.2 Å². The average Bonchev–Trinajstić information content (AvgIpc) is 3.08. The lowest BCUT2D eigenvalue weighted by molar-refractivity contribution is -0.133. The first-order chi connectivity index (χ1) is 9.12. The van der Waals surface area contributed by atoms with Crippen molar-refractivity contribution in [3.8, 4) is 0 Å². The molecule has 1 spiro atoms. The van der Waals surface area contributed by atoms with E-state index in [4.69, 9.17) is 0 Å². The molecule has 2 atom stereocenters. The molecule has 0 aromatic carbocycles. The molecular formula is C15H26N2OS. The molecule has 2 unspecified atom stereocenters. The monoisotopic (exact) mass is 282 g/mol. The van der Waals surface area contributed by atoms with Crippen molar-refractivity contribution in [3.63, 3.8) is 0 Å².